The third-order valence-corrected chi connectivity index (χ3v) is 2.58. The highest BCUT2D eigenvalue weighted by atomic mass is 35.5. The summed E-state index contributed by atoms with van der Waals surface area (Å²) in [7, 11) is -1.39. The molecule has 1 aliphatic rings. The lowest BCUT2D eigenvalue weighted by atomic mass is 10.5. The zero-order chi connectivity index (χ0) is 6.85. The number of hydrogen-bond acceptors (Lipinski definition) is 2. The van der Waals surface area contributed by atoms with E-state index in [1.165, 1.54) is 12.2 Å². The molecule has 0 N–H and O–H groups in total. The van der Waals surface area contributed by atoms with Gasteiger partial charge in [0.1, 0.15) is 4.36 Å². The van der Waals surface area contributed by atoms with Crippen molar-refractivity contribution in [3.63, 3.8) is 0 Å². The summed E-state index contributed by atoms with van der Waals surface area (Å²) < 4.78 is 11.0. The van der Waals surface area contributed by atoms with Gasteiger partial charge < -0.3 is 0 Å². The molecule has 0 bridgehead atoms. The molecule has 0 aromatic rings. The summed E-state index contributed by atoms with van der Waals surface area (Å²) in [6.07, 6.45) is 3.45. The number of carbonyl (C=O) groups excluding carboxylic acids is 1. The molecule has 0 saturated carbocycles. The second-order valence-corrected chi connectivity index (χ2v) is 3.51. The number of aldehydes is 1. The normalized spacial score (nSPS) is 25.2. The van der Waals surface area contributed by atoms with Crippen molar-refractivity contribution in [2.75, 3.05) is 0 Å². The predicted octanol–water partition coefficient (Wildman–Crippen LogP) is 0.912. The molecular formula is C5H3ClO2S. The summed E-state index contributed by atoms with van der Waals surface area (Å²) >= 11 is 5.39. The molecule has 0 saturated heterocycles. The topological polar surface area (TPSA) is 34.1 Å². The molecule has 1 heterocycles. The van der Waals surface area contributed by atoms with E-state index < -0.39 is 10.8 Å². The molecule has 1 rings (SSSR count). The van der Waals surface area contributed by atoms with Gasteiger partial charge >= 0.3 is 0 Å². The van der Waals surface area contributed by atoms with Crippen LogP contribution in [0.2, 0.25) is 0 Å². The molecular weight excluding hydrogens is 160 g/mol. The van der Waals surface area contributed by atoms with Gasteiger partial charge in [0, 0.05) is 0 Å². The highest BCUT2D eigenvalue weighted by Crippen LogP contribution is 2.20. The van der Waals surface area contributed by atoms with Gasteiger partial charge in [-0.2, -0.15) is 0 Å². The fraction of sp³-hybridized carbons (Fsp3) is 0. The van der Waals surface area contributed by atoms with Gasteiger partial charge in [-0.15, -0.1) is 0 Å². The van der Waals surface area contributed by atoms with Crippen LogP contribution in [0, 0.1) is 0 Å². The average molecular weight is 163 g/mol. The SMILES string of the molecule is O=CC1=CC=C(Cl)S1=O. The van der Waals surface area contributed by atoms with Crippen LogP contribution in [0.4, 0.5) is 0 Å². The minimum absolute atomic E-state index is 0.220. The van der Waals surface area contributed by atoms with E-state index in [-0.39, 0.29) is 9.27 Å². The summed E-state index contributed by atoms with van der Waals surface area (Å²) in [4.78, 5) is 10.2. The quantitative estimate of drug-likeness (QED) is 0.538. The molecule has 0 spiro atoms. The first-order chi connectivity index (χ1) is 4.25. The number of rotatable bonds is 1. The molecule has 1 atom stereocenters. The lowest BCUT2D eigenvalue weighted by Gasteiger charge is -1.86. The Balaban J connectivity index is 2.91. The van der Waals surface area contributed by atoms with Gasteiger partial charge in [-0.3, -0.25) is 4.79 Å². The highest BCUT2D eigenvalue weighted by Gasteiger charge is 2.14. The molecule has 0 aromatic heterocycles. The van der Waals surface area contributed by atoms with E-state index in [9.17, 15) is 9.00 Å². The third kappa shape index (κ3) is 1.11. The number of halogens is 1. The summed E-state index contributed by atoms with van der Waals surface area (Å²) in [5.41, 5.74) is 0. The summed E-state index contributed by atoms with van der Waals surface area (Å²) in [5, 5.41) is 0. The Morgan fingerprint density at radius 2 is 2.22 bits per heavy atom. The van der Waals surface area contributed by atoms with Gasteiger partial charge in [0.15, 0.2) is 6.29 Å². The molecule has 0 radical (unpaired) electrons. The van der Waals surface area contributed by atoms with E-state index in [0.717, 1.165) is 0 Å². The monoisotopic (exact) mass is 162 g/mol. The van der Waals surface area contributed by atoms with Crippen LogP contribution in [0.15, 0.2) is 21.4 Å². The molecule has 0 aromatic carbocycles. The van der Waals surface area contributed by atoms with Crippen molar-refractivity contribution in [2.45, 2.75) is 0 Å². The molecule has 2 nitrogen and oxygen atoms in total. The Bertz CT molecular complexity index is 229. The fourth-order valence-electron chi connectivity index (χ4n) is 0.467. The maximum absolute atomic E-state index is 10.7. The lowest BCUT2D eigenvalue weighted by Crippen LogP contribution is -1.89. The first-order valence-corrected chi connectivity index (χ1v) is 3.73. The van der Waals surface area contributed by atoms with Crippen molar-refractivity contribution in [1.29, 1.82) is 0 Å². The number of carbonyl (C=O) groups is 1. The molecule has 48 valence electrons. The smallest absolute Gasteiger partial charge is 0.159 e. The van der Waals surface area contributed by atoms with Crippen LogP contribution in [-0.4, -0.2) is 10.5 Å². The van der Waals surface area contributed by atoms with Crippen LogP contribution in [0.5, 0.6) is 0 Å². The van der Waals surface area contributed by atoms with Crippen LogP contribution < -0.4 is 0 Å². The summed E-state index contributed by atoms with van der Waals surface area (Å²) in [6.45, 7) is 0. The van der Waals surface area contributed by atoms with Crippen molar-refractivity contribution in [3.8, 4) is 0 Å². The predicted molar refractivity (Wildman–Crippen MR) is 36.2 cm³/mol. The van der Waals surface area contributed by atoms with Crippen molar-refractivity contribution in [3.05, 3.63) is 21.4 Å². The zero-order valence-electron chi connectivity index (χ0n) is 4.33. The van der Waals surface area contributed by atoms with Crippen LogP contribution in [-0.2, 0) is 15.6 Å². The Morgan fingerprint density at radius 1 is 1.56 bits per heavy atom. The van der Waals surface area contributed by atoms with Crippen LogP contribution in [0.3, 0.4) is 0 Å². The van der Waals surface area contributed by atoms with Crippen molar-refractivity contribution in [2.24, 2.45) is 0 Å². The molecule has 1 aliphatic heterocycles. The highest BCUT2D eigenvalue weighted by molar-refractivity contribution is 7.95. The van der Waals surface area contributed by atoms with Crippen LogP contribution in [0.1, 0.15) is 0 Å². The fourth-order valence-corrected chi connectivity index (χ4v) is 1.49. The first-order valence-electron chi connectivity index (χ1n) is 2.20. The maximum atomic E-state index is 10.7. The van der Waals surface area contributed by atoms with E-state index in [1.807, 2.05) is 0 Å². The largest absolute Gasteiger partial charge is 0.297 e. The van der Waals surface area contributed by atoms with Crippen molar-refractivity contribution < 1.29 is 9.00 Å². The van der Waals surface area contributed by atoms with Gasteiger partial charge in [-0.05, 0) is 12.2 Å². The van der Waals surface area contributed by atoms with E-state index in [2.05, 4.69) is 0 Å². The number of allylic oxidation sites excluding steroid dienone is 3. The van der Waals surface area contributed by atoms with Crippen molar-refractivity contribution in [1.82, 2.24) is 0 Å². The molecule has 0 aliphatic carbocycles. The third-order valence-electron chi connectivity index (χ3n) is 0.886. The van der Waals surface area contributed by atoms with E-state index in [0.29, 0.717) is 6.29 Å². The summed E-state index contributed by atoms with van der Waals surface area (Å²) in [6, 6.07) is 0. The molecule has 0 fully saturated rings. The summed E-state index contributed by atoms with van der Waals surface area (Å²) in [5.74, 6) is 0. The Morgan fingerprint density at radius 3 is 2.44 bits per heavy atom. The Labute approximate surface area is 59.7 Å². The molecule has 0 amide bonds. The average Bonchev–Trinajstić information content (AvgIpc) is 2.15. The second-order valence-electron chi connectivity index (χ2n) is 1.43. The van der Waals surface area contributed by atoms with Gasteiger partial charge in [-0.25, -0.2) is 4.21 Å². The lowest BCUT2D eigenvalue weighted by molar-refractivity contribution is -0.104. The minimum atomic E-state index is -1.39. The van der Waals surface area contributed by atoms with E-state index in [4.69, 9.17) is 11.6 Å². The number of hydrogen-bond donors (Lipinski definition) is 0. The molecule has 9 heavy (non-hydrogen) atoms. The zero-order valence-corrected chi connectivity index (χ0v) is 5.91. The van der Waals surface area contributed by atoms with Gasteiger partial charge in [0.25, 0.3) is 0 Å². The van der Waals surface area contributed by atoms with Gasteiger partial charge in [0.05, 0.1) is 15.7 Å². The van der Waals surface area contributed by atoms with Crippen LogP contribution >= 0.6 is 11.6 Å². The molecule has 1 unspecified atom stereocenters. The molecule has 4 heteroatoms. The standard InChI is InChI=1S/C5H3ClO2S/c6-5-2-1-4(3-7)9(5)8/h1-3H. The minimum Gasteiger partial charge on any atom is -0.297 e. The Kier molecular flexibility index (Phi) is 1.83. The maximum Gasteiger partial charge on any atom is 0.159 e. The van der Waals surface area contributed by atoms with Crippen LogP contribution in [0.25, 0.3) is 0 Å². The Hall–Kier alpha value is -0.410. The van der Waals surface area contributed by atoms with E-state index >= 15 is 0 Å². The van der Waals surface area contributed by atoms with Gasteiger partial charge in [0.2, 0.25) is 0 Å². The van der Waals surface area contributed by atoms with E-state index in [1.54, 1.807) is 0 Å². The second kappa shape index (κ2) is 2.45. The first kappa shape index (κ1) is 6.71. The van der Waals surface area contributed by atoms with Gasteiger partial charge in [-0.1, -0.05) is 11.6 Å². The van der Waals surface area contributed by atoms with Crippen molar-refractivity contribution >= 4 is 28.7 Å².